The Balaban J connectivity index is 2.29. The summed E-state index contributed by atoms with van der Waals surface area (Å²) < 4.78 is 0. The zero-order valence-corrected chi connectivity index (χ0v) is 10.5. The molecule has 4 heteroatoms. The molecule has 90 valence electrons. The number of nitrogen functional groups attached to an aromatic ring is 1. The number of nitrogens with zero attached hydrogens (tertiary/aromatic N) is 2. The molecule has 1 rings (SSSR count). The lowest BCUT2D eigenvalue weighted by Gasteiger charge is -2.09. The van der Waals surface area contributed by atoms with Crippen LogP contribution in [0.3, 0.4) is 0 Å². The maximum atomic E-state index is 5.54. The van der Waals surface area contributed by atoms with E-state index in [9.17, 15) is 0 Å². The molecule has 0 unspecified atom stereocenters. The maximum Gasteiger partial charge on any atom is 0.221 e. The van der Waals surface area contributed by atoms with E-state index in [4.69, 9.17) is 5.73 Å². The van der Waals surface area contributed by atoms with Gasteiger partial charge >= 0.3 is 0 Å². The van der Waals surface area contributed by atoms with E-state index in [1.54, 1.807) is 6.20 Å². The largest absolute Gasteiger partial charge is 0.370 e. The Labute approximate surface area is 97.7 Å². The van der Waals surface area contributed by atoms with E-state index in [1.165, 1.54) is 19.3 Å². The summed E-state index contributed by atoms with van der Waals surface area (Å²) in [5.74, 6) is 1.98. The number of aromatic nitrogens is 2. The van der Waals surface area contributed by atoms with E-state index in [-0.39, 0.29) is 0 Å². The highest BCUT2D eigenvalue weighted by molar-refractivity contribution is 5.44. The summed E-state index contributed by atoms with van der Waals surface area (Å²) in [4.78, 5) is 8.09. The molecule has 3 N–H and O–H groups in total. The van der Waals surface area contributed by atoms with Gasteiger partial charge in [-0.2, -0.15) is 4.98 Å². The zero-order valence-electron chi connectivity index (χ0n) is 10.5. The van der Waals surface area contributed by atoms with E-state index < -0.39 is 0 Å². The second kappa shape index (κ2) is 6.30. The van der Waals surface area contributed by atoms with Crippen LogP contribution in [-0.4, -0.2) is 16.5 Å². The summed E-state index contributed by atoms with van der Waals surface area (Å²) in [5.41, 5.74) is 6.58. The Morgan fingerprint density at radius 3 is 2.81 bits per heavy atom. The third-order valence-electron chi connectivity index (χ3n) is 2.49. The summed E-state index contributed by atoms with van der Waals surface area (Å²) in [7, 11) is 0. The number of nitrogens with two attached hydrogens (primary N) is 1. The number of aryl methyl sites for hydroxylation is 1. The first-order chi connectivity index (χ1) is 7.59. The summed E-state index contributed by atoms with van der Waals surface area (Å²) in [5, 5.41) is 3.30. The van der Waals surface area contributed by atoms with E-state index in [1.807, 2.05) is 6.92 Å². The maximum absolute atomic E-state index is 5.54. The van der Waals surface area contributed by atoms with Crippen molar-refractivity contribution in [1.82, 2.24) is 9.97 Å². The van der Waals surface area contributed by atoms with Crippen LogP contribution in [-0.2, 0) is 0 Å². The Bertz CT molecular complexity index is 323. The van der Waals surface area contributed by atoms with Crippen LogP contribution in [0.15, 0.2) is 6.20 Å². The average molecular weight is 222 g/mol. The lowest BCUT2D eigenvalue weighted by atomic mass is 10.1. The van der Waals surface area contributed by atoms with Crippen molar-refractivity contribution >= 4 is 11.8 Å². The highest BCUT2D eigenvalue weighted by Crippen LogP contribution is 2.11. The molecule has 1 heterocycles. The van der Waals surface area contributed by atoms with Gasteiger partial charge in [0, 0.05) is 18.3 Å². The van der Waals surface area contributed by atoms with E-state index in [0.29, 0.717) is 5.95 Å². The summed E-state index contributed by atoms with van der Waals surface area (Å²) in [6, 6.07) is 0. The predicted molar refractivity (Wildman–Crippen MR) is 68.4 cm³/mol. The van der Waals surface area contributed by atoms with Gasteiger partial charge in [-0.25, -0.2) is 4.98 Å². The molecule has 16 heavy (non-hydrogen) atoms. The molecular formula is C12H22N4. The van der Waals surface area contributed by atoms with Crippen LogP contribution in [0.5, 0.6) is 0 Å². The molecule has 0 saturated heterocycles. The number of anilines is 2. The molecule has 1 aromatic heterocycles. The highest BCUT2D eigenvalue weighted by atomic mass is 15.1. The summed E-state index contributed by atoms with van der Waals surface area (Å²) in [6.45, 7) is 7.44. The zero-order chi connectivity index (χ0) is 12.0. The molecular weight excluding hydrogens is 200 g/mol. The molecule has 0 bridgehead atoms. The van der Waals surface area contributed by atoms with Crippen molar-refractivity contribution in [3.05, 3.63) is 11.8 Å². The van der Waals surface area contributed by atoms with Gasteiger partial charge in [0.05, 0.1) is 0 Å². The first-order valence-corrected chi connectivity index (χ1v) is 5.92. The third kappa shape index (κ3) is 4.47. The fourth-order valence-electron chi connectivity index (χ4n) is 1.52. The Morgan fingerprint density at radius 2 is 2.12 bits per heavy atom. The fraction of sp³-hybridized carbons (Fsp3) is 0.667. The van der Waals surface area contributed by atoms with Gasteiger partial charge in [0.1, 0.15) is 5.82 Å². The molecule has 0 spiro atoms. The Hall–Kier alpha value is -1.32. The van der Waals surface area contributed by atoms with Crippen LogP contribution in [0, 0.1) is 12.8 Å². The number of rotatable bonds is 6. The number of unbranched alkanes of at least 4 members (excludes halogenated alkanes) is 1. The molecule has 0 saturated carbocycles. The topological polar surface area (TPSA) is 63.8 Å². The van der Waals surface area contributed by atoms with Gasteiger partial charge in [-0.05, 0) is 19.3 Å². The second-order valence-corrected chi connectivity index (χ2v) is 4.58. The quantitative estimate of drug-likeness (QED) is 0.726. The van der Waals surface area contributed by atoms with E-state index in [2.05, 4.69) is 29.1 Å². The molecule has 0 amide bonds. The summed E-state index contributed by atoms with van der Waals surface area (Å²) in [6.07, 6.45) is 5.46. The minimum atomic E-state index is 0.329. The van der Waals surface area contributed by atoms with Gasteiger partial charge < -0.3 is 11.1 Å². The number of hydrogen-bond donors (Lipinski definition) is 2. The van der Waals surface area contributed by atoms with Crippen LogP contribution in [0.1, 0.15) is 38.7 Å². The highest BCUT2D eigenvalue weighted by Gasteiger charge is 2.00. The Kier molecular flexibility index (Phi) is 5.02. The lowest BCUT2D eigenvalue weighted by molar-refractivity contribution is 0.544. The molecule has 0 radical (unpaired) electrons. The van der Waals surface area contributed by atoms with Gasteiger partial charge in [0.25, 0.3) is 0 Å². The fourth-order valence-corrected chi connectivity index (χ4v) is 1.52. The molecule has 0 atom stereocenters. The van der Waals surface area contributed by atoms with E-state index >= 15 is 0 Å². The van der Waals surface area contributed by atoms with Crippen molar-refractivity contribution in [2.24, 2.45) is 5.92 Å². The van der Waals surface area contributed by atoms with Gasteiger partial charge in [0.15, 0.2) is 0 Å². The van der Waals surface area contributed by atoms with Crippen LogP contribution in [0.2, 0.25) is 0 Å². The average Bonchev–Trinajstić information content (AvgIpc) is 2.22. The van der Waals surface area contributed by atoms with Gasteiger partial charge in [-0.1, -0.05) is 26.7 Å². The van der Waals surface area contributed by atoms with Crippen LogP contribution in [0.4, 0.5) is 11.8 Å². The smallest absolute Gasteiger partial charge is 0.221 e. The van der Waals surface area contributed by atoms with Gasteiger partial charge in [-0.15, -0.1) is 0 Å². The minimum absolute atomic E-state index is 0.329. The SMILES string of the molecule is Cc1cnc(N)nc1NCCCCC(C)C. The van der Waals surface area contributed by atoms with E-state index in [0.717, 1.165) is 23.8 Å². The predicted octanol–water partition coefficient (Wildman–Crippen LogP) is 2.61. The van der Waals surface area contributed by atoms with Crippen molar-refractivity contribution in [2.45, 2.75) is 40.0 Å². The van der Waals surface area contributed by atoms with Crippen molar-refractivity contribution < 1.29 is 0 Å². The first kappa shape index (κ1) is 12.7. The standard InChI is InChI=1S/C12H22N4/c1-9(2)6-4-5-7-14-11-10(3)8-15-12(13)16-11/h8-9H,4-7H2,1-3H3,(H3,13,14,15,16). The van der Waals surface area contributed by atoms with Crippen LogP contribution in [0.25, 0.3) is 0 Å². The van der Waals surface area contributed by atoms with Crippen LogP contribution < -0.4 is 11.1 Å². The number of nitrogens with one attached hydrogen (secondary N) is 1. The number of hydrogen-bond acceptors (Lipinski definition) is 4. The van der Waals surface area contributed by atoms with Crippen LogP contribution >= 0.6 is 0 Å². The molecule has 0 aliphatic carbocycles. The molecule has 1 aromatic rings. The molecule has 0 aliphatic rings. The molecule has 0 fully saturated rings. The van der Waals surface area contributed by atoms with Gasteiger partial charge in [0.2, 0.25) is 5.95 Å². The summed E-state index contributed by atoms with van der Waals surface area (Å²) >= 11 is 0. The third-order valence-corrected chi connectivity index (χ3v) is 2.49. The minimum Gasteiger partial charge on any atom is -0.370 e. The lowest BCUT2D eigenvalue weighted by Crippen LogP contribution is -2.07. The van der Waals surface area contributed by atoms with Crippen molar-refractivity contribution in [1.29, 1.82) is 0 Å². The molecule has 0 aliphatic heterocycles. The Morgan fingerprint density at radius 1 is 1.38 bits per heavy atom. The van der Waals surface area contributed by atoms with Crippen molar-refractivity contribution in [2.75, 3.05) is 17.6 Å². The first-order valence-electron chi connectivity index (χ1n) is 5.92. The monoisotopic (exact) mass is 222 g/mol. The van der Waals surface area contributed by atoms with Crippen molar-refractivity contribution in [3.8, 4) is 0 Å². The second-order valence-electron chi connectivity index (χ2n) is 4.58. The molecule has 4 nitrogen and oxygen atoms in total. The van der Waals surface area contributed by atoms with Crippen molar-refractivity contribution in [3.63, 3.8) is 0 Å². The van der Waals surface area contributed by atoms with Gasteiger partial charge in [-0.3, -0.25) is 0 Å². The normalized spacial score (nSPS) is 10.8. The molecule has 0 aromatic carbocycles.